The standard InChI is InChI=1S/C18H21NO3S/c1-17(2)9-10-18(3,4)14-13(17)19-16(23-14)22-12-7-5-11(6-8-12)15(20)21/h5-8H,9-10H2,1-4H3,(H,20,21). The van der Waals surface area contributed by atoms with E-state index in [0.717, 1.165) is 18.5 Å². The summed E-state index contributed by atoms with van der Waals surface area (Å²) in [6, 6.07) is 6.42. The average molecular weight is 331 g/mol. The van der Waals surface area contributed by atoms with Crippen molar-refractivity contribution in [2.75, 3.05) is 0 Å². The Morgan fingerprint density at radius 2 is 1.74 bits per heavy atom. The van der Waals surface area contributed by atoms with Gasteiger partial charge in [0.1, 0.15) is 5.75 Å². The maximum Gasteiger partial charge on any atom is 0.335 e. The number of carboxylic acids is 1. The molecule has 0 saturated carbocycles. The zero-order valence-corrected chi connectivity index (χ0v) is 14.7. The fraction of sp³-hybridized carbons (Fsp3) is 0.444. The first-order valence-corrected chi connectivity index (χ1v) is 8.54. The van der Waals surface area contributed by atoms with E-state index < -0.39 is 5.97 Å². The molecule has 1 N–H and O–H groups in total. The Morgan fingerprint density at radius 1 is 1.13 bits per heavy atom. The molecule has 0 fully saturated rings. The van der Waals surface area contributed by atoms with Gasteiger partial charge in [-0.1, -0.05) is 39.0 Å². The summed E-state index contributed by atoms with van der Waals surface area (Å²) in [7, 11) is 0. The maximum atomic E-state index is 10.9. The summed E-state index contributed by atoms with van der Waals surface area (Å²) in [4.78, 5) is 16.9. The predicted octanol–water partition coefficient (Wildman–Crippen LogP) is 4.98. The molecule has 0 aliphatic heterocycles. The fourth-order valence-corrected chi connectivity index (χ4v) is 4.13. The molecule has 0 unspecified atom stereocenters. The van der Waals surface area contributed by atoms with E-state index in [9.17, 15) is 4.79 Å². The second-order valence-corrected chi connectivity index (χ2v) is 8.32. The molecule has 5 heteroatoms. The van der Waals surface area contributed by atoms with Crippen LogP contribution in [0, 0.1) is 0 Å². The van der Waals surface area contributed by atoms with Crippen LogP contribution in [0.4, 0.5) is 0 Å². The topological polar surface area (TPSA) is 59.4 Å². The van der Waals surface area contributed by atoms with Crippen LogP contribution in [-0.4, -0.2) is 16.1 Å². The molecule has 122 valence electrons. The van der Waals surface area contributed by atoms with Crippen LogP contribution in [0.5, 0.6) is 10.9 Å². The highest BCUT2D eigenvalue weighted by molar-refractivity contribution is 7.13. The van der Waals surface area contributed by atoms with Crippen LogP contribution in [0.2, 0.25) is 0 Å². The lowest BCUT2D eigenvalue weighted by atomic mass is 9.69. The summed E-state index contributed by atoms with van der Waals surface area (Å²) >= 11 is 1.60. The van der Waals surface area contributed by atoms with Crippen molar-refractivity contribution in [3.05, 3.63) is 40.4 Å². The lowest BCUT2D eigenvalue weighted by molar-refractivity contribution is 0.0697. The van der Waals surface area contributed by atoms with Crippen molar-refractivity contribution < 1.29 is 14.6 Å². The average Bonchev–Trinajstić information content (AvgIpc) is 2.91. The molecule has 1 heterocycles. The molecular weight excluding hydrogens is 310 g/mol. The Balaban J connectivity index is 1.90. The minimum atomic E-state index is -0.940. The lowest BCUT2D eigenvalue weighted by Crippen LogP contribution is -2.32. The van der Waals surface area contributed by atoms with Gasteiger partial charge in [0, 0.05) is 15.7 Å². The van der Waals surface area contributed by atoms with Gasteiger partial charge in [-0.25, -0.2) is 9.78 Å². The molecule has 0 radical (unpaired) electrons. The highest BCUT2D eigenvalue weighted by atomic mass is 32.1. The first kappa shape index (κ1) is 16.0. The molecular formula is C18H21NO3S. The molecule has 2 aromatic rings. The number of ether oxygens (including phenoxy) is 1. The number of carboxylic acid groups (broad SMARTS) is 1. The molecule has 0 spiro atoms. The van der Waals surface area contributed by atoms with Gasteiger partial charge in [0.2, 0.25) is 0 Å². The van der Waals surface area contributed by atoms with E-state index in [2.05, 4.69) is 27.7 Å². The van der Waals surface area contributed by atoms with Crippen molar-refractivity contribution in [3.8, 4) is 10.9 Å². The van der Waals surface area contributed by atoms with Gasteiger partial charge in [0.25, 0.3) is 5.19 Å². The fourth-order valence-electron chi connectivity index (χ4n) is 2.88. The third-order valence-corrected chi connectivity index (χ3v) is 5.84. The molecule has 1 aromatic heterocycles. The molecule has 0 atom stereocenters. The Bertz CT molecular complexity index is 711. The summed E-state index contributed by atoms with van der Waals surface area (Å²) in [5.41, 5.74) is 1.57. The van der Waals surface area contributed by atoms with E-state index in [-0.39, 0.29) is 16.4 Å². The van der Waals surface area contributed by atoms with E-state index in [1.807, 2.05) is 0 Å². The highest BCUT2D eigenvalue weighted by Gasteiger charge is 2.40. The van der Waals surface area contributed by atoms with Crippen molar-refractivity contribution in [2.24, 2.45) is 0 Å². The van der Waals surface area contributed by atoms with E-state index >= 15 is 0 Å². The molecule has 23 heavy (non-hydrogen) atoms. The summed E-state index contributed by atoms with van der Waals surface area (Å²) < 4.78 is 5.87. The van der Waals surface area contributed by atoms with Gasteiger partial charge in [-0.15, -0.1) is 0 Å². The number of carbonyl (C=O) groups is 1. The second-order valence-electron chi connectivity index (χ2n) is 7.36. The third kappa shape index (κ3) is 2.98. The lowest BCUT2D eigenvalue weighted by Gasteiger charge is -2.37. The van der Waals surface area contributed by atoms with Crippen LogP contribution in [0.1, 0.15) is 61.5 Å². The maximum absolute atomic E-state index is 10.9. The number of hydrogen-bond acceptors (Lipinski definition) is 4. The number of benzene rings is 1. The van der Waals surface area contributed by atoms with Crippen LogP contribution in [0.3, 0.4) is 0 Å². The number of rotatable bonds is 3. The number of fused-ring (bicyclic) bond motifs is 1. The molecule has 1 aliphatic carbocycles. The minimum absolute atomic E-state index is 0.0656. The summed E-state index contributed by atoms with van der Waals surface area (Å²) in [5, 5.41) is 9.57. The molecule has 0 bridgehead atoms. The van der Waals surface area contributed by atoms with Gasteiger partial charge in [0.15, 0.2) is 0 Å². The number of aromatic nitrogens is 1. The van der Waals surface area contributed by atoms with Gasteiger partial charge in [0.05, 0.1) is 11.3 Å². The summed E-state index contributed by atoms with van der Waals surface area (Å²) in [6.45, 7) is 8.97. The molecule has 1 aromatic carbocycles. The van der Waals surface area contributed by atoms with E-state index in [4.69, 9.17) is 14.8 Å². The van der Waals surface area contributed by atoms with E-state index in [1.54, 1.807) is 35.6 Å². The van der Waals surface area contributed by atoms with Crippen LogP contribution >= 0.6 is 11.3 Å². The monoisotopic (exact) mass is 331 g/mol. The van der Waals surface area contributed by atoms with E-state index in [1.165, 1.54) is 4.88 Å². The van der Waals surface area contributed by atoms with Crippen molar-refractivity contribution in [3.63, 3.8) is 0 Å². The van der Waals surface area contributed by atoms with Gasteiger partial charge < -0.3 is 9.84 Å². The number of hydrogen-bond donors (Lipinski definition) is 1. The Kier molecular flexibility index (Phi) is 3.71. The zero-order chi connectivity index (χ0) is 16.8. The first-order chi connectivity index (χ1) is 10.7. The zero-order valence-electron chi connectivity index (χ0n) is 13.8. The Hall–Kier alpha value is -1.88. The van der Waals surface area contributed by atoms with Crippen LogP contribution in [-0.2, 0) is 10.8 Å². The first-order valence-electron chi connectivity index (χ1n) is 7.72. The second kappa shape index (κ2) is 5.34. The van der Waals surface area contributed by atoms with Gasteiger partial charge in [-0.3, -0.25) is 0 Å². The van der Waals surface area contributed by atoms with Crippen LogP contribution in [0.25, 0.3) is 0 Å². The van der Waals surface area contributed by atoms with Crippen molar-refractivity contribution in [2.45, 2.75) is 51.4 Å². The molecule has 0 saturated heterocycles. The normalized spacial score (nSPS) is 18.3. The number of nitrogens with zero attached hydrogens (tertiary/aromatic N) is 1. The highest BCUT2D eigenvalue weighted by Crippen LogP contribution is 2.49. The largest absolute Gasteiger partial charge is 0.478 e. The molecule has 1 aliphatic rings. The van der Waals surface area contributed by atoms with Gasteiger partial charge in [-0.2, -0.15) is 0 Å². The van der Waals surface area contributed by atoms with Crippen LogP contribution in [0.15, 0.2) is 24.3 Å². The van der Waals surface area contributed by atoms with Gasteiger partial charge in [-0.05, 0) is 37.1 Å². The molecule has 4 nitrogen and oxygen atoms in total. The molecule has 3 rings (SSSR count). The van der Waals surface area contributed by atoms with Crippen molar-refractivity contribution in [1.29, 1.82) is 0 Å². The Labute approximate surface area is 140 Å². The SMILES string of the molecule is CC1(C)CCC(C)(C)c2sc(Oc3ccc(C(=O)O)cc3)nc21. The minimum Gasteiger partial charge on any atom is -0.478 e. The summed E-state index contributed by atoms with van der Waals surface area (Å²) in [6.07, 6.45) is 2.26. The number of thiazole rings is 1. The number of aromatic carboxylic acids is 1. The Morgan fingerprint density at radius 3 is 2.30 bits per heavy atom. The van der Waals surface area contributed by atoms with Crippen LogP contribution < -0.4 is 4.74 Å². The van der Waals surface area contributed by atoms with Crippen molar-refractivity contribution >= 4 is 17.3 Å². The third-order valence-electron chi connectivity index (χ3n) is 4.54. The quantitative estimate of drug-likeness (QED) is 0.861. The van der Waals surface area contributed by atoms with Crippen molar-refractivity contribution in [1.82, 2.24) is 4.98 Å². The molecule has 0 amide bonds. The van der Waals surface area contributed by atoms with Gasteiger partial charge >= 0.3 is 5.97 Å². The smallest absolute Gasteiger partial charge is 0.335 e. The summed E-state index contributed by atoms with van der Waals surface area (Å²) in [5.74, 6) is -0.332. The van der Waals surface area contributed by atoms with E-state index in [0.29, 0.717) is 10.9 Å². The predicted molar refractivity (Wildman–Crippen MR) is 90.9 cm³/mol.